The third kappa shape index (κ3) is 0.941. The van der Waals surface area contributed by atoms with Gasteiger partial charge in [-0.15, -0.1) is 0 Å². The summed E-state index contributed by atoms with van der Waals surface area (Å²) in [6.45, 7) is 4.71. The van der Waals surface area contributed by atoms with Crippen LogP contribution in [0, 0.1) is 0 Å². The van der Waals surface area contributed by atoms with Crippen LogP contribution in [-0.4, -0.2) is 8.80 Å². The minimum atomic E-state index is -0.0153. The molecule has 0 N–H and O–H groups in total. The van der Waals surface area contributed by atoms with Crippen molar-refractivity contribution in [3.05, 3.63) is 11.3 Å². The highest BCUT2D eigenvalue weighted by molar-refractivity contribution is 6.64. The summed E-state index contributed by atoms with van der Waals surface area (Å²) in [6, 6.07) is 0. The standard InChI is InChI=1S/C6H11Si/c1-7(2)6-4-3-5-6/h4H,3,5H2,1-2H3. The van der Waals surface area contributed by atoms with Crippen LogP contribution in [0.4, 0.5) is 0 Å². The zero-order chi connectivity index (χ0) is 5.28. The molecule has 0 amide bonds. The molecule has 0 saturated carbocycles. The Morgan fingerprint density at radius 1 is 1.57 bits per heavy atom. The number of rotatable bonds is 1. The lowest BCUT2D eigenvalue weighted by Gasteiger charge is -2.15. The molecule has 1 radical (unpaired) electrons. The molecule has 0 aliphatic heterocycles. The third-order valence-corrected chi connectivity index (χ3v) is 3.19. The lowest BCUT2D eigenvalue weighted by molar-refractivity contribution is 0.928. The normalized spacial score (nSPS) is 19.0. The van der Waals surface area contributed by atoms with E-state index in [1.165, 1.54) is 12.8 Å². The molecule has 7 heavy (non-hydrogen) atoms. The molecule has 0 bridgehead atoms. The second kappa shape index (κ2) is 1.82. The van der Waals surface area contributed by atoms with Crippen LogP contribution in [0.3, 0.4) is 0 Å². The van der Waals surface area contributed by atoms with Crippen LogP contribution in [0.25, 0.3) is 0 Å². The Bertz CT molecular complexity index is 92.4. The van der Waals surface area contributed by atoms with E-state index in [1.54, 1.807) is 5.20 Å². The maximum Gasteiger partial charge on any atom is 0.0732 e. The number of hydrogen-bond donors (Lipinski definition) is 0. The van der Waals surface area contributed by atoms with Crippen LogP contribution in [0.15, 0.2) is 11.3 Å². The Hall–Kier alpha value is -0.0431. The molecule has 0 fully saturated rings. The molecule has 1 aliphatic rings. The van der Waals surface area contributed by atoms with Gasteiger partial charge >= 0.3 is 0 Å². The van der Waals surface area contributed by atoms with Gasteiger partial charge in [0, 0.05) is 0 Å². The average Bonchev–Trinajstić information content (AvgIpc) is 1.23. The lowest BCUT2D eigenvalue weighted by Crippen LogP contribution is -2.10. The van der Waals surface area contributed by atoms with Crippen LogP contribution >= 0.6 is 0 Å². The molecule has 1 aliphatic carbocycles. The predicted molar refractivity (Wildman–Crippen MR) is 34.8 cm³/mol. The zero-order valence-corrected chi connectivity index (χ0v) is 5.99. The van der Waals surface area contributed by atoms with Crippen molar-refractivity contribution in [1.82, 2.24) is 0 Å². The van der Waals surface area contributed by atoms with Crippen LogP contribution in [0.2, 0.25) is 13.1 Å². The molecule has 0 unspecified atom stereocenters. The van der Waals surface area contributed by atoms with Crippen molar-refractivity contribution in [1.29, 1.82) is 0 Å². The minimum Gasteiger partial charge on any atom is -0.0891 e. The van der Waals surface area contributed by atoms with Crippen molar-refractivity contribution in [2.45, 2.75) is 25.9 Å². The fourth-order valence-electron chi connectivity index (χ4n) is 0.743. The average molecular weight is 111 g/mol. The molecule has 1 rings (SSSR count). The van der Waals surface area contributed by atoms with E-state index in [-0.39, 0.29) is 8.80 Å². The highest BCUT2D eigenvalue weighted by Crippen LogP contribution is 2.19. The van der Waals surface area contributed by atoms with Gasteiger partial charge in [-0.1, -0.05) is 24.4 Å². The highest BCUT2D eigenvalue weighted by Gasteiger charge is 2.09. The fourth-order valence-corrected chi connectivity index (χ4v) is 1.94. The van der Waals surface area contributed by atoms with Crippen molar-refractivity contribution in [2.24, 2.45) is 0 Å². The largest absolute Gasteiger partial charge is 0.0891 e. The lowest BCUT2D eigenvalue weighted by atomic mass is 10.1. The van der Waals surface area contributed by atoms with Gasteiger partial charge in [0.05, 0.1) is 8.80 Å². The molecule has 0 saturated heterocycles. The first-order chi connectivity index (χ1) is 3.30. The molecule has 39 valence electrons. The fraction of sp³-hybridized carbons (Fsp3) is 0.667. The summed E-state index contributed by atoms with van der Waals surface area (Å²) in [5, 5.41) is 1.75. The summed E-state index contributed by atoms with van der Waals surface area (Å²) < 4.78 is 0. The second-order valence-corrected chi connectivity index (χ2v) is 4.91. The molecule has 0 spiro atoms. The van der Waals surface area contributed by atoms with Crippen molar-refractivity contribution >= 4 is 8.80 Å². The summed E-state index contributed by atoms with van der Waals surface area (Å²) in [5.41, 5.74) is 0. The molecule has 0 aromatic heterocycles. The monoisotopic (exact) mass is 111 g/mol. The second-order valence-electron chi connectivity index (χ2n) is 2.27. The summed E-state index contributed by atoms with van der Waals surface area (Å²) in [4.78, 5) is 0. The van der Waals surface area contributed by atoms with Crippen molar-refractivity contribution in [2.75, 3.05) is 0 Å². The quantitative estimate of drug-likeness (QED) is 0.454. The molecule has 0 aromatic carbocycles. The minimum absolute atomic E-state index is 0.0153. The van der Waals surface area contributed by atoms with Crippen molar-refractivity contribution < 1.29 is 0 Å². The van der Waals surface area contributed by atoms with Gasteiger partial charge in [-0.2, -0.15) is 0 Å². The van der Waals surface area contributed by atoms with E-state index in [4.69, 9.17) is 0 Å². The van der Waals surface area contributed by atoms with Gasteiger partial charge in [-0.05, 0) is 12.8 Å². The summed E-state index contributed by atoms with van der Waals surface area (Å²) >= 11 is 0. The van der Waals surface area contributed by atoms with Gasteiger partial charge in [0.15, 0.2) is 0 Å². The van der Waals surface area contributed by atoms with Gasteiger partial charge in [0.25, 0.3) is 0 Å². The number of hydrogen-bond acceptors (Lipinski definition) is 0. The summed E-state index contributed by atoms with van der Waals surface area (Å²) in [7, 11) is -0.0153. The van der Waals surface area contributed by atoms with Gasteiger partial charge in [-0.3, -0.25) is 0 Å². The zero-order valence-electron chi connectivity index (χ0n) is 4.99. The van der Waals surface area contributed by atoms with E-state index in [0.717, 1.165) is 0 Å². The molecule has 0 atom stereocenters. The molecule has 0 nitrogen and oxygen atoms in total. The van der Waals surface area contributed by atoms with Crippen LogP contribution < -0.4 is 0 Å². The molecule has 1 heteroatoms. The van der Waals surface area contributed by atoms with E-state index in [9.17, 15) is 0 Å². The molecular weight excluding hydrogens is 100 g/mol. The van der Waals surface area contributed by atoms with Crippen LogP contribution in [0.5, 0.6) is 0 Å². The Kier molecular flexibility index (Phi) is 1.33. The highest BCUT2D eigenvalue weighted by atomic mass is 28.3. The van der Waals surface area contributed by atoms with E-state index >= 15 is 0 Å². The van der Waals surface area contributed by atoms with E-state index < -0.39 is 0 Å². The topological polar surface area (TPSA) is 0 Å². The maximum absolute atomic E-state index is 2.38. The Morgan fingerprint density at radius 2 is 2.14 bits per heavy atom. The maximum atomic E-state index is 2.38. The molecule has 0 aromatic rings. The van der Waals surface area contributed by atoms with E-state index in [0.29, 0.717) is 0 Å². The van der Waals surface area contributed by atoms with Gasteiger partial charge in [-0.25, -0.2) is 0 Å². The van der Waals surface area contributed by atoms with Crippen molar-refractivity contribution in [3.8, 4) is 0 Å². The van der Waals surface area contributed by atoms with Gasteiger partial charge in [0.2, 0.25) is 0 Å². The Balaban J connectivity index is 2.40. The predicted octanol–water partition coefficient (Wildman–Crippen LogP) is 2.00. The third-order valence-electron chi connectivity index (χ3n) is 1.45. The summed E-state index contributed by atoms with van der Waals surface area (Å²) in [5.74, 6) is 0. The molecule has 0 heterocycles. The Morgan fingerprint density at radius 3 is 2.14 bits per heavy atom. The Labute approximate surface area is 46.8 Å². The van der Waals surface area contributed by atoms with E-state index in [1.807, 2.05) is 0 Å². The van der Waals surface area contributed by atoms with Crippen LogP contribution in [0.1, 0.15) is 12.8 Å². The first-order valence-corrected chi connectivity index (χ1v) is 5.30. The number of allylic oxidation sites excluding steroid dienone is 2. The van der Waals surface area contributed by atoms with Gasteiger partial charge < -0.3 is 0 Å². The SMILES string of the molecule is C[Si](C)C1=CCC1. The first-order valence-electron chi connectivity index (χ1n) is 2.80. The van der Waals surface area contributed by atoms with E-state index in [2.05, 4.69) is 19.2 Å². The summed E-state index contributed by atoms with van der Waals surface area (Å²) in [6.07, 6.45) is 5.14. The molecular formula is C6H11Si. The first kappa shape index (κ1) is 5.10. The van der Waals surface area contributed by atoms with Gasteiger partial charge in [0.1, 0.15) is 0 Å². The smallest absolute Gasteiger partial charge is 0.0732 e. The van der Waals surface area contributed by atoms with Crippen LogP contribution in [-0.2, 0) is 0 Å². The van der Waals surface area contributed by atoms with Crippen molar-refractivity contribution in [3.63, 3.8) is 0 Å².